The van der Waals surface area contributed by atoms with Gasteiger partial charge in [-0.15, -0.1) is 0 Å². The van der Waals surface area contributed by atoms with Crippen molar-refractivity contribution in [1.82, 2.24) is 4.98 Å². The van der Waals surface area contributed by atoms with Crippen molar-refractivity contribution in [2.24, 2.45) is 0 Å². The van der Waals surface area contributed by atoms with Crippen LogP contribution in [0.1, 0.15) is 5.56 Å². The molecule has 3 aromatic rings. The zero-order chi connectivity index (χ0) is 13.8. The molecule has 0 radical (unpaired) electrons. The number of para-hydroxylation sites is 1. The molecule has 0 unspecified atom stereocenters. The fraction of sp³-hybridized carbons (Fsp3) is 0.125. The molecule has 0 aliphatic heterocycles. The predicted octanol–water partition coefficient (Wildman–Crippen LogP) is 4.40. The molecule has 0 spiro atoms. The van der Waals surface area contributed by atoms with Gasteiger partial charge in [0, 0.05) is 17.8 Å². The summed E-state index contributed by atoms with van der Waals surface area (Å²) in [6, 6.07) is 16.1. The van der Waals surface area contributed by atoms with Gasteiger partial charge in [0.15, 0.2) is 5.75 Å². The minimum atomic E-state index is 0.553. The van der Waals surface area contributed by atoms with Crippen molar-refractivity contribution in [3.63, 3.8) is 0 Å². The Morgan fingerprint density at radius 2 is 1.85 bits per heavy atom. The molecule has 0 amide bonds. The number of aromatic amines is 1. The molecule has 0 bridgehead atoms. The van der Waals surface area contributed by atoms with Gasteiger partial charge in [-0.3, -0.25) is 0 Å². The zero-order valence-corrected chi connectivity index (χ0v) is 11.9. The van der Waals surface area contributed by atoms with Crippen LogP contribution >= 0.6 is 12.0 Å². The Hall–Kier alpha value is -2.07. The van der Waals surface area contributed by atoms with E-state index in [9.17, 15) is 0 Å². The maximum atomic E-state index is 5.90. The number of hydrogen-bond acceptors (Lipinski definition) is 3. The number of nitrogens with one attached hydrogen (secondary N) is 1. The smallest absolute Gasteiger partial charge is 0.162 e. The second-order valence-electron chi connectivity index (χ2n) is 4.36. The summed E-state index contributed by atoms with van der Waals surface area (Å²) >= 11 is 1.33. The maximum Gasteiger partial charge on any atom is 0.162 e. The molecule has 2 aromatic carbocycles. The van der Waals surface area contributed by atoms with Crippen LogP contribution in [0.2, 0.25) is 0 Å². The van der Waals surface area contributed by atoms with Crippen LogP contribution in [0.3, 0.4) is 0 Å². The number of hydrogen-bond donors (Lipinski definition) is 1. The highest BCUT2D eigenvalue weighted by atomic mass is 32.2. The molecule has 3 nitrogen and oxygen atoms in total. The lowest BCUT2D eigenvalue weighted by Crippen LogP contribution is -1.95. The lowest BCUT2D eigenvalue weighted by molar-refractivity contribution is 0.309. The van der Waals surface area contributed by atoms with Gasteiger partial charge in [0.1, 0.15) is 12.4 Å². The van der Waals surface area contributed by atoms with Crippen molar-refractivity contribution in [1.29, 1.82) is 0 Å². The highest BCUT2D eigenvalue weighted by Crippen LogP contribution is 2.33. The van der Waals surface area contributed by atoms with E-state index in [1.165, 1.54) is 12.0 Å². The van der Waals surface area contributed by atoms with Crippen LogP contribution in [-0.4, -0.2) is 11.2 Å². The Morgan fingerprint density at radius 3 is 2.65 bits per heavy atom. The van der Waals surface area contributed by atoms with E-state index < -0.39 is 0 Å². The summed E-state index contributed by atoms with van der Waals surface area (Å²) < 4.78 is 11.4. The molecule has 102 valence electrons. The first kappa shape index (κ1) is 12.9. The Bertz CT molecular complexity index is 694. The molecule has 0 saturated heterocycles. The highest BCUT2D eigenvalue weighted by molar-refractivity contribution is 7.94. The third kappa shape index (κ3) is 2.60. The van der Waals surface area contributed by atoms with Gasteiger partial charge in [-0.2, -0.15) is 0 Å². The van der Waals surface area contributed by atoms with Gasteiger partial charge >= 0.3 is 0 Å². The molecular weight excluding hydrogens is 270 g/mol. The zero-order valence-electron chi connectivity index (χ0n) is 11.1. The van der Waals surface area contributed by atoms with E-state index in [0.29, 0.717) is 6.61 Å². The third-order valence-corrected chi connectivity index (χ3v) is 3.40. The standard InChI is InChI=1S/C16H15NO2S/c1-20-19-15-10-17-16-13(15)8-5-9-14(16)18-11-12-6-3-2-4-7-12/h2-10,17H,11H2,1H3. The first-order valence-electron chi connectivity index (χ1n) is 6.36. The minimum Gasteiger partial charge on any atom is -0.487 e. The first-order valence-corrected chi connectivity index (χ1v) is 7.51. The molecule has 0 fully saturated rings. The Balaban J connectivity index is 1.85. The number of rotatable bonds is 5. The van der Waals surface area contributed by atoms with Crippen molar-refractivity contribution >= 4 is 22.9 Å². The van der Waals surface area contributed by atoms with Crippen molar-refractivity contribution in [3.8, 4) is 11.5 Å². The number of aromatic nitrogens is 1. The van der Waals surface area contributed by atoms with E-state index in [1.54, 1.807) is 0 Å². The quantitative estimate of drug-likeness (QED) is 0.705. The Kier molecular flexibility index (Phi) is 3.83. The fourth-order valence-electron chi connectivity index (χ4n) is 2.12. The highest BCUT2D eigenvalue weighted by Gasteiger charge is 2.09. The molecule has 0 aliphatic rings. The van der Waals surface area contributed by atoms with Gasteiger partial charge in [-0.25, -0.2) is 0 Å². The van der Waals surface area contributed by atoms with Crippen molar-refractivity contribution in [2.75, 3.05) is 6.26 Å². The van der Waals surface area contributed by atoms with Crippen LogP contribution in [0.15, 0.2) is 54.7 Å². The lowest BCUT2D eigenvalue weighted by Gasteiger charge is -2.07. The van der Waals surface area contributed by atoms with E-state index >= 15 is 0 Å². The van der Waals surface area contributed by atoms with E-state index in [1.807, 2.05) is 48.9 Å². The van der Waals surface area contributed by atoms with Crippen LogP contribution < -0.4 is 8.92 Å². The summed E-state index contributed by atoms with van der Waals surface area (Å²) in [5.41, 5.74) is 2.11. The van der Waals surface area contributed by atoms with Gasteiger partial charge < -0.3 is 13.9 Å². The second-order valence-corrected chi connectivity index (χ2v) is 4.86. The molecule has 0 saturated carbocycles. The van der Waals surface area contributed by atoms with Crippen molar-refractivity contribution in [3.05, 3.63) is 60.3 Å². The normalized spacial score (nSPS) is 10.7. The molecule has 1 heterocycles. The molecule has 1 N–H and O–H groups in total. The average Bonchev–Trinajstić information content (AvgIpc) is 2.91. The van der Waals surface area contributed by atoms with Crippen LogP contribution in [0.4, 0.5) is 0 Å². The van der Waals surface area contributed by atoms with E-state index in [2.05, 4.69) is 17.1 Å². The average molecular weight is 285 g/mol. The summed E-state index contributed by atoms with van der Waals surface area (Å²) in [6.07, 6.45) is 3.76. The summed E-state index contributed by atoms with van der Waals surface area (Å²) in [5, 5.41) is 1.03. The Morgan fingerprint density at radius 1 is 1.00 bits per heavy atom. The topological polar surface area (TPSA) is 34.2 Å². The van der Waals surface area contributed by atoms with Gasteiger partial charge in [-0.1, -0.05) is 36.4 Å². The minimum absolute atomic E-state index is 0.553. The SMILES string of the molecule is CSOc1c[nH]c2c(OCc3ccccc3)cccc12. The molecule has 0 atom stereocenters. The first-order chi connectivity index (χ1) is 9.88. The van der Waals surface area contributed by atoms with E-state index in [-0.39, 0.29) is 0 Å². The van der Waals surface area contributed by atoms with Crippen LogP contribution in [0.5, 0.6) is 11.5 Å². The number of benzene rings is 2. The molecule has 0 aliphatic carbocycles. The number of ether oxygens (including phenoxy) is 1. The summed E-state index contributed by atoms with van der Waals surface area (Å²) in [4.78, 5) is 3.21. The van der Waals surface area contributed by atoms with Crippen molar-refractivity contribution in [2.45, 2.75) is 6.61 Å². The third-order valence-electron chi connectivity index (χ3n) is 3.05. The van der Waals surface area contributed by atoms with Gasteiger partial charge in [-0.05, 0) is 17.7 Å². The number of fused-ring (bicyclic) bond motifs is 1. The molecule has 3 rings (SSSR count). The second kappa shape index (κ2) is 5.92. The summed E-state index contributed by atoms with van der Waals surface area (Å²) in [7, 11) is 0. The van der Waals surface area contributed by atoms with Crippen molar-refractivity contribution < 1.29 is 8.92 Å². The van der Waals surface area contributed by atoms with Crippen LogP contribution in [-0.2, 0) is 6.61 Å². The van der Waals surface area contributed by atoms with E-state index in [4.69, 9.17) is 8.92 Å². The lowest BCUT2D eigenvalue weighted by atomic mass is 10.2. The van der Waals surface area contributed by atoms with Crippen LogP contribution in [0.25, 0.3) is 10.9 Å². The Labute approximate surface area is 122 Å². The predicted molar refractivity (Wildman–Crippen MR) is 83.2 cm³/mol. The largest absolute Gasteiger partial charge is 0.487 e. The summed E-state index contributed by atoms with van der Waals surface area (Å²) in [5.74, 6) is 1.67. The molecule has 20 heavy (non-hydrogen) atoms. The van der Waals surface area contributed by atoms with Gasteiger partial charge in [0.25, 0.3) is 0 Å². The van der Waals surface area contributed by atoms with E-state index in [0.717, 1.165) is 28.0 Å². The van der Waals surface area contributed by atoms with Crippen LogP contribution in [0, 0.1) is 0 Å². The van der Waals surface area contributed by atoms with Gasteiger partial charge in [0.05, 0.1) is 17.6 Å². The molecule has 1 aromatic heterocycles. The monoisotopic (exact) mass is 285 g/mol. The molecule has 4 heteroatoms. The summed E-state index contributed by atoms with van der Waals surface area (Å²) in [6.45, 7) is 0.553. The molecular formula is C16H15NO2S. The number of H-pyrrole nitrogens is 1. The maximum absolute atomic E-state index is 5.90. The fourth-order valence-corrected chi connectivity index (χ4v) is 2.43. The van der Waals surface area contributed by atoms with Gasteiger partial charge in [0.2, 0.25) is 0 Å².